The molecular formula is C16H19ClN4O2S. The van der Waals surface area contributed by atoms with Crippen LogP contribution < -0.4 is 10.6 Å². The smallest absolute Gasteiger partial charge is 0.249 e. The molecule has 2 atom stereocenters. The van der Waals surface area contributed by atoms with Gasteiger partial charge in [0, 0.05) is 17.5 Å². The van der Waals surface area contributed by atoms with E-state index in [1.165, 1.54) is 18.3 Å². The van der Waals surface area contributed by atoms with Gasteiger partial charge in [0.2, 0.25) is 16.9 Å². The summed E-state index contributed by atoms with van der Waals surface area (Å²) in [6.07, 6.45) is 0.768. The third-order valence-corrected chi connectivity index (χ3v) is 4.74. The molecule has 2 amide bonds. The predicted octanol–water partition coefficient (Wildman–Crippen LogP) is 3.35. The van der Waals surface area contributed by atoms with Crippen LogP contribution in [0.3, 0.4) is 0 Å². The Morgan fingerprint density at radius 1 is 1.25 bits per heavy atom. The second-order valence-corrected chi connectivity index (χ2v) is 6.89. The number of halogens is 1. The van der Waals surface area contributed by atoms with Gasteiger partial charge < -0.3 is 5.32 Å². The van der Waals surface area contributed by atoms with Gasteiger partial charge in [0.1, 0.15) is 11.0 Å². The van der Waals surface area contributed by atoms with Gasteiger partial charge in [-0.1, -0.05) is 55.3 Å². The molecule has 8 heteroatoms. The Balaban J connectivity index is 2.11. The predicted molar refractivity (Wildman–Crippen MR) is 96.0 cm³/mol. The van der Waals surface area contributed by atoms with Crippen molar-refractivity contribution in [1.82, 2.24) is 15.5 Å². The zero-order chi connectivity index (χ0) is 17.7. The molecule has 1 aromatic heterocycles. The summed E-state index contributed by atoms with van der Waals surface area (Å²) in [5.74, 6) is -0.523. The minimum Gasteiger partial charge on any atom is -0.344 e. The van der Waals surface area contributed by atoms with E-state index in [1.54, 1.807) is 12.1 Å². The highest BCUT2D eigenvalue weighted by Crippen LogP contribution is 2.27. The van der Waals surface area contributed by atoms with Crippen molar-refractivity contribution in [2.24, 2.45) is 5.92 Å². The molecule has 2 rings (SSSR count). The summed E-state index contributed by atoms with van der Waals surface area (Å²) >= 11 is 7.13. The van der Waals surface area contributed by atoms with Crippen molar-refractivity contribution in [3.8, 4) is 10.6 Å². The molecule has 0 aliphatic rings. The van der Waals surface area contributed by atoms with Crippen LogP contribution in [0.2, 0.25) is 5.02 Å². The molecule has 0 fully saturated rings. The number of aromatic nitrogens is 2. The third-order valence-electron chi connectivity index (χ3n) is 3.60. The Labute approximate surface area is 149 Å². The lowest BCUT2D eigenvalue weighted by atomic mass is 9.98. The SMILES string of the molecule is CC[C@H](C)[C@@H](NC(C)=O)C(=O)Nc1nnc(-c2ccc(Cl)cc2)s1. The van der Waals surface area contributed by atoms with Crippen molar-refractivity contribution < 1.29 is 9.59 Å². The van der Waals surface area contributed by atoms with Crippen LogP contribution in [0.15, 0.2) is 24.3 Å². The zero-order valence-electron chi connectivity index (χ0n) is 13.7. The van der Waals surface area contributed by atoms with Gasteiger partial charge in [0.25, 0.3) is 0 Å². The molecule has 0 spiro atoms. The average molecular weight is 367 g/mol. The van der Waals surface area contributed by atoms with E-state index in [-0.39, 0.29) is 17.7 Å². The van der Waals surface area contributed by atoms with E-state index in [1.807, 2.05) is 26.0 Å². The fourth-order valence-electron chi connectivity index (χ4n) is 2.09. The van der Waals surface area contributed by atoms with Crippen molar-refractivity contribution in [3.05, 3.63) is 29.3 Å². The van der Waals surface area contributed by atoms with E-state index in [0.717, 1.165) is 12.0 Å². The first-order valence-electron chi connectivity index (χ1n) is 7.58. The summed E-state index contributed by atoms with van der Waals surface area (Å²) in [5.41, 5.74) is 0.873. The van der Waals surface area contributed by atoms with Crippen LogP contribution in [-0.4, -0.2) is 28.1 Å². The Morgan fingerprint density at radius 2 is 1.92 bits per heavy atom. The highest BCUT2D eigenvalue weighted by molar-refractivity contribution is 7.18. The second-order valence-electron chi connectivity index (χ2n) is 5.47. The molecular weight excluding hydrogens is 348 g/mol. The van der Waals surface area contributed by atoms with E-state index >= 15 is 0 Å². The van der Waals surface area contributed by atoms with Gasteiger partial charge >= 0.3 is 0 Å². The van der Waals surface area contributed by atoms with Gasteiger partial charge in [-0.3, -0.25) is 14.9 Å². The number of carbonyl (C=O) groups is 2. The maximum atomic E-state index is 12.4. The normalized spacial score (nSPS) is 13.2. The molecule has 24 heavy (non-hydrogen) atoms. The molecule has 0 saturated carbocycles. The molecule has 1 aromatic carbocycles. The van der Waals surface area contributed by atoms with Gasteiger partial charge in [-0.15, -0.1) is 10.2 Å². The average Bonchev–Trinajstić information content (AvgIpc) is 3.00. The summed E-state index contributed by atoms with van der Waals surface area (Å²) in [6, 6.07) is 6.62. The first-order valence-corrected chi connectivity index (χ1v) is 8.77. The monoisotopic (exact) mass is 366 g/mol. The number of carbonyl (C=O) groups excluding carboxylic acids is 2. The molecule has 0 aliphatic carbocycles. The number of hydrogen-bond donors (Lipinski definition) is 2. The standard InChI is InChI=1S/C16H19ClN4O2S/c1-4-9(2)13(18-10(3)22)14(23)19-16-21-20-15(24-16)11-5-7-12(17)8-6-11/h5-9,13H,4H2,1-3H3,(H,18,22)(H,19,21,23)/t9-,13+/m0/s1. The fourth-order valence-corrected chi connectivity index (χ4v) is 2.96. The van der Waals surface area contributed by atoms with E-state index in [4.69, 9.17) is 11.6 Å². The van der Waals surface area contributed by atoms with E-state index in [9.17, 15) is 9.59 Å². The van der Waals surface area contributed by atoms with Gasteiger partial charge in [-0.05, 0) is 18.1 Å². The van der Waals surface area contributed by atoms with Crippen LogP contribution >= 0.6 is 22.9 Å². The third kappa shape index (κ3) is 4.75. The largest absolute Gasteiger partial charge is 0.344 e. The number of rotatable bonds is 6. The van der Waals surface area contributed by atoms with Crippen molar-refractivity contribution in [2.75, 3.05) is 5.32 Å². The highest BCUT2D eigenvalue weighted by Gasteiger charge is 2.25. The Kier molecular flexibility index (Phi) is 6.28. The molecule has 0 radical (unpaired) electrons. The topological polar surface area (TPSA) is 84.0 Å². The van der Waals surface area contributed by atoms with Crippen molar-refractivity contribution >= 4 is 39.9 Å². The second kappa shape index (κ2) is 8.21. The lowest BCUT2D eigenvalue weighted by Crippen LogP contribution is -2.46. The lowest BCUT2D eigenvalue weighted by Gasteiger charge is -2.22. The molecule has 0 unspecified atom stereocenters. The molecule has 0 saturated heterocycles. The summed E-state index contributed by atoms with van der Waals surface area (Å²) in [7, 11) is 0. The number of anilines is 1. The van der Waals surface area contributed by atoms with Gasteiger partial charge in [-0.25, -0.2) is 0 Å². The summed E-state index contributed by atoms with van der Waals surface area (Å²) < 4.78 is 0. The first-order chi connectivity index (χ1) is 11.4. The maximum absolute atomic E-state index is 12.4. The number of hydrogen-bond acceptors (Lipinski definition) is 5. The molecule has 0 bridgehead atoms. The number of benzene rings is 1. The number of amides is 2. The summed E-state index contributed by atoms with van der Waals surface area (Å²) in [4.78, 5) is 23.8. The van der Waals surface area contributed by atoms with Crippen molar-refractivity contribution in [1.29, 1.82) is 0 Å². The fraction of sp³-hybridized carbons (Fsp3) is 0.375. The minimum atomic E-state index is -0.601. The summed E-state index contributed by atoms with van der Waals surface area (Å²) in [5, 5.41) is 15.2. The molecule has 128 valence electrons. The Hall–Kier alpha value is -1.99. The minimum absolute atomic E-state index is 0.0116. The van der Waals surface area contributed by atoms with E-state index in [2.05, 4.69) is 20.8 Å². The quantitative estimate of drug-likeness (QED) is 0.821. The van der Waals surface area contributed by atoms with Crippen molar-refractivity contribution in [2.45, 2.75) is 33.2 Å². The van der Waals surface area contributed by atoms with Gasteiger partial charge in [0.15, 0.2) is 0 Å². The lowest BCUT2D eigenvalue weighted by molar-refractivity contribution is -0.126. The summed E-state index contributed by atoms with van der Waals surface area (Å²) in [6.45, 7) is 5.28. The van der Waals surface area contributed by atoms with Crippen LogP contribution in [0.5, 0.6) is 0 Å². The van der Waals surface area contributed by atoms with E-state index in [0.29, 0.717) is 15.2 Å². The Bertz CT molecular complexity index is 717. The van der Waals surface area contributed by atoms with Gasteiger partial charge in [-0.2, -0.15) is 0 Å². The molecule has 6 nitrogen and oxygen atoms in total. The molecule has 0 aliphatic heterocycles. The van der Waals surface area contributed by atoms with Crippen LogP contribution in [0.25, 0.3) is 10.6 Å². The number of nitrogens with one attached hydrogen (secondary N) is 2. The first kappa shape index (κ1) is 18.4. The zero-order valence-corrected chi connectivity index (χ0v) is 15.2. The molecule has 2 aromatic rings. The van der Waals surface area contributed by atoms with Crippen LogP contribution in [0.1, 0.15) is 27.2 Å². The van der Waals surface area contributed by atoms with Crippen LogP contribution in [-0.2, 0) is 9.59 Å². The van der Waals surface area contributed by atoms with Crippen LogP contribution in [0.4, 0.5) is 5.13 Å². The molecule has 1 heterocycles. The number of nitrogens with zero attached hydrogens (tertiary/aromatic N) is 2. The highest BCUT2D eigenvalue weighted by atomic mass is 35.5. The Morgan fingerprint density at radius 3 is 2.50 bits per heavy atom. The molecule has 2 N–H and O–H groups in total. The van der Waals surface area contributed by atoms with E-state index < -0.39 is 6.04 Å². The van der Waals surface area contributed by atoms with Crippen molar-refractivity contribution in [3.63, 3.8) is 0 Å². The van der Waals surface area contributed by atoms with Crippen LogP contribution in [0, 0.1) is 5.92 Å². The maximum Gasteiger partial charge on any atom is 0.249 e. The van der Waals surface area contributed by atoms with Gasteiger partial charge in [0.05, 0.1) is 0 Å².